The predicted octanol–water partition coefficient (Wildman–Crippen LogP) is 2.30. The molecule has 1 heterocycles. The van der Waals surface area contributed by atoms with Crippen molar-refractivity contribution in [3.05, 3.63) is 29.3 Å². The van der Waals surface area contributed by atoms with Crippen LogP contribution in [0.4, 0.5) is 5.69 Å². The van der Waals surface area contributed by atoms with Crippen molar-refractivity contribution in [1.82, 2.24) is 5.32 Å². The van der Waals surface area contributed by atoms with Gasteiger partial charge in [-0.25, -0.2) is 0 Å². The zero-order valence-electron chi connectivity index (χ0n) is 11.2. The van der Waals surface area contributed by atoms with Crippen molar-refractivity contribution in [3.8, 4) is 6.07 Å². The number of nitrogens with zero attached hydrogens (tertiary/aromatic N) is 2. The summed E-state index contributed by atoms with van der Waals surface area (Å²) in [5, 5.41) is 12.2. The van der Waals surface area contributed by atoms with Crippen LogP contribution in [0.1, 0.15) is 24.0 Å². The highest BCUT2D eigenvalue weighted by atomic mass is 15.1. The molecular formula is C15H21N3. The molecule has 0 spiro atoms. The summed E-state index contributed by atoms with van der Waals surface area (Å²) >= 11 is 0. The van der Waals surface area contributed by atoms with Gasteiger partial charge in [0.15, 0.2) is 0 Å². The standard InChI is InChI=1S/C15H21N3/c1-12-8-13(9-16)5-6-15(12)18-7-3-4-14(11-18)10-17-2/h5-6,8,14,17H,3-4,7,10-11H2,1-2H3. The van der Waals surface area contributed by atoms with E-state index in [0.29, 0.717) is 0 Å². The first kappa shape index (κ1) is 12.9. The van der Waals surface area contributed by atoms with Gasteiger partial charge in [-0.3, -0.25) is 0 Å². The normalized spacial score (nSPS) is 19.6. The molecule has 1 saturated heterocycles. The molecule has 2 rings (SSSR count). The van der Waals surface area contributed by atoms with Crippen molar-refractivity contribution in [3.63, 3.8) is 0 Å². The summed E-state index contributed by atoms with van der Waals surface area (Å²) < 4.78 is 0. The Kier molecular flexibility index (Phi) is 4.22. The minimum absolute atomic E-state index is 0.735. The van der Waals surface area contributed by atoms with Crippen molar-refractivity contribution >= 4 is 5.69 Å². The van der Waals surface area contributed by atoms with E-state index in [0.717, 1.165) is 31.1 Å². The lowest BCUT2D eigenvalue weighted by atomic mass is 9.96. The van der Waals surface area contributed by atoms with Crippen LogP contribution in [0.5, 0.6) is 0 Å². The maximum atomic E-state index is 8.90. The zero-order chi connectivity index (χ0) is 13.0. The number of benzene rings is 1. The largest absolute Gasteiger partial charge is 0.371 e. The SMILES string of the molecule is CNCC1CCCN(c2ccc(C#N)cc2C)C1. The van der Waals surface area contributed by atoms with Crippen LogP contribution in [-0.2, 0) is 0 Å². The molecule has 18 heavy (non-hydrogen) atoms. The smallest absolute Gasteiger partial charge is 0.0991 e. The molecule has 1 aliphatic heterocycles. The van der Waals surface area contributed by atoms with Crippen LogP contribution in [0.15, 0.2) is 18.2 Å². The second-order valence-electron chi connectivity index (χ2n) is 5.13. The summed E-state index contributed by atoms with van der Waals surface area (Å²) in [4.78, 5) is 2.46. The summed E-state index contributed by atoms with van der Waals surface area (Å²) in [6, 6.07) is 8.20. The van der Waals surface area contributed by atoms with Crippen LogP contribution in [0.3, 0.4) is 0 Å². The number of nitriles is 1. The maximum absolute atomic E-state index is 8.90. The zero-order valence-corrected chi connectivity index (χ0v) is 11.2. The van der Waals surface area contributed by atoms with Crippen LogP contribution >= 0.6 is 0 Å². The van der Waals surface area contributed by atoms with Gasteiger partial charge in [0.25, 0.3) is 0 Å². The molecular weight excluding hydrogens is 222 g/mol. The van der Waals surface area contributed by atoms with Crippen molar-refractivity contribution in [2.45, 2.75) is 19.8 Å². The van der Waals surface area contributed by atoms with E-state index in [1.54, 1.807) is 0 Å². The molecule has 0 saturated carbocycles. The first-order valence-corrected chi connectivity index (χ1v) is 6.65. The second-order valence-corrected chi connectivity index (χ2v) is 5.13. The average molecular weight is 243 g/mol. The molecule has 1 fully saturated rings. The Morgan fingerprint density at radius 2 is 2.33 bits per heavy atom. The molecule has 1 aliphatic rings. The highest BCUT2D eigenvalue weighted by Crippen LogP contribution is 2.26. The number of anilines is 1. The minimum atomic E-state index is 0.735. The summed E-state index contributed by atoms with van der Waals surface area (Å²) in [5.41, 5.74) is 3.24. The highest BCUT2D eigenvalue weighted by Gasteiger charge is 2.20. The topological polar surface area (TPSA) is 39.1 Å². The average Bonchev–Trinajstić information content (AvgIpc) is 2.39. The molecule has 1 unspecified atom stereocenters. The summed E-state index contributed by atoms with van der Waals surface area (Å²) in [7, 11) is 2.02. The van der Waals surface area contributed by atoms with Crippen LogP contribution in [0, 0.1) is 24.2 Å². The number of hydrogen-bond donors (Lipinski definition) is 1. The molecule has 0 bridgehead atoms. The fraction of sp³-hybridized carbons (Fsp3) is 0.533. The summed E-state index contributed by atoms with van der Waals surface area (Å²) in [6.07, 6.45) is 2.57. The van der Waals surface area contributed by atoms with E-state index < -0.39 is 0 Å². The first-order chi connectivity index (χ1) is 8.74. The molecule has 0 radical (unpaired) electrons. The second kappa shape index (κ2) is 5.88. The third kappa shape index (κ3) is 2.83. The number of hydrogen-bond acceptors (Lipinski definition) is 3. The van der Waals surface area contributed by atoms with Crippen LogP contribution < -0.4 is 10.2 Å². The lowest BCUT2D eigenvalue weighted by molar-refractivity contribution is 0.402. The lowest BCUT2D eigenvalue weighted by Crippen LogP contribution is -2.39. The third-order valence-electron chi connectivity index (χ3n) is 3.68. The van der Waals surface area contributed by atoms with Crippen LogP contribution in [-0.4, -0.2) is 26.7 Å². The van der Waals surface area contributed by atoms with Gasteiger partial charge < -0.3 is 10.2 Å². The number of nitrogens with one attached hydrogen (secondary N) is 1. The Balaban J connectivity index is 2.13. The molecule has 1 atom stereocenters. The molecule has 1 N–H and O–H groups in total. The number of aryl methyl sites for hydroxylation is 1. The third-order valence-corrected chi connectivity index (χ3v) is 3.68. The van der Waals surface area contributed by atoms with E-state index in [4.69, 9.17) is 5.26 Å². The molecule has 1 aromatic rings. The Labute approximate surface area is 109 Å². The number of piperidine rings is 1. The Bertz CT molecular complexity index is 446. The minimum Gasteiger partial charge on any atom is -0.371 e. The van der Waals surface area contributed by atoms with E-state index in [9.17, 15) is 0 Å². The van der Waals surface area contributed by atoms with Crippen LogP contribution in [0.25, 0.3) is 0 Å². The van der Waals surface area contributed by atoms with E-state index in [1.165, 1.54) is 24.1 Å². The molecule has 0 amide bonds. The number of rotatable bonds is 3. The van der Waals surface area contributed by atoms with E-state index in [2.05, 4.69) is 29.3 Å². The Morgan fingerprint density at radius 1 is 1.50 bits per heavy atom. The van der Waals surface area contributed by atoms with E-state index in [-0.39, 0.29) is 0 Å². The van der Waals surface area contributed by atoms with Gasteiger partial charge in [-0.2, -0.15) is 5.26 Å². The molecule has 0 aliphatic carbocycles. The van der Waals surface area contributed by atoms with Crippen molar-refractivity contribution in [2.75, 3.05) is 31.6 Å². The molecule has 3 heteroatoms. The maximum Gasteiger partial charge on any atom is 0.0991 e. The van der Waals surface area contributed by atoms with Gasteiger partial charge in [0.1, 0.15) is 0 Å². The lowest BCUT2D eigenvalue weighted by Gasteiger charge is -2.35. The molecule has 1 aromatic carbocycles. The molecule has 0 aromatic heterocycles. The summed E-state index contributed by atoms with van der Waals surface area (Å²) in [6.45, 7) is 5.43. The van der Waals surface area contributed by atoms with Gasteiger partial charge >= 0.3 is 0 Å². The monoisotopic (exact) mass is 243 g/mol. The first-order valence-electron chi connectivity index (χ1n) is 6.65. The molecule has 3 nitrogen and oxygen atoms in total. The van der Waals surface area contributed by atoms with Gasteiger partial charge in [0.05, 0.1) is 11.6 Å². The van der Waals surface area contributed by atoms with Crippen molar-refractivity contribution in [1.29, 1.82) is 5.26 Å². The quantitative estimate of drug-likeness (QED) is 0.885. The Hall–Kier alpha value is -1.53. The van der Waals surface area contributed by atoms with Gasteiger partial charge in [0.2, 0.25) is 0 Å². The van der Waals surface area contributed by atoms with Crippen molar-refractivity contribution < 1.29 is 0 Å². The van der Waals surface area contributed by atoms with E-state index in [1.807, 2.05) is 19.2 Å². The Morgan fingerprint density at radius 3 is 3.00 bits per heavy atom. The predicted molar refractivity (Wildman–Crippen MR) is 74.8 cm³/mol. The highest BCUT2D eigenvalue weighted by molar-refractivity contribution is 5.56. The van der Waals surface area contributed by atoms with Gasteiger partial charge in [0, 0.05) is 18.8 Å². The van der Waals surface area contributed by atoms with Crippen molar-refractivity contribution in [2.24, 2.45) is 5.92 Å². The van der Waals surface area contributed by atoms with E-state index >= 15 is 0 Å². The van der Waals surface area contributed by atoms with Gasteiger partial charge in [-0.1, -0.05) is 0 Å². The molecule has 96 valence electrons. The fourth-order valence-corrected chi connectivity index (χ4v) is 2.82. The van der Waals surface area contributed by atoms with Gasteiger partial charge in [-0.15, -0.1) is 0 Å². The van der Waals surface area contributed by atoms with Gasteiger partial charge in [-0.05, 0) is 63.0 Å². The van der Waals surface area contributed by atoms with Crippen LogP contribution in [0.2, 0.25) is 0 Å². The summed E-state index contributed by atoms with van der Waals surface area (Å²) in [5.74, 6) is 0.735. The fourth-order valence-electron chi connectivity index (χ4n) is 2.82.